The zero-order valence-electron chi connectivity index (χ0n) is 9.65. The Balaban J connectivity index is 2.17. The molecule has 3 unspecified atom stereocenters. The zero-order chi connectivity index (χ0) is 10.8. The van der Waals surface area contributed by atoms with Crippen molar-refractivity contribution in [3.05, 3.63) is 22.4 Å². The van der Waals surface area contributed by atoms with Crippen LogP contribution in [-0.4, -0.2) is 6.04 Å². The fraction of sp³-hybridized carbons (Fsp3) is 0.692. The van der Waals surface area contributed by atoms with Gasteiger partial charge in [0.25, 0.3) is 0 Å². The Morgan fingerprint density at radius 1 is 1.40 bits per heavy atom. The molecule has 84 valence electrons. The first kappa shape index (κ1) is 11.2. The molecule has 0 spiro atoms. The molecule has 1 saturated carbocycles. The van der Waals surface area contributed by atoms with Gasteiger partial charge in [0, 0.05) is 6.04 Å². The molecule has 0 bridgehead atoms. The highest BCUT2D eigenvalue weighted by Gasteiger charge is 2.31. The fourth-order valence-corrected chi connectivity index (χ4v) is 3.62. The van der Waals surface area contributed by atoms with Gasteiger partial charge in [-0.25, -0.2) is 0 Å². The molecular formula is C13H21NS. The third kappa shape index (κ3) is 2.43. The van der Waals surface area contributed by atoms with Gasteiger partial charge in [-0.1, -0.05) is 13.8 Å². The first-order valence-electron chi connectivity index (χ1n) is 5.96. The maximum absolute atomic E-state index is 6.10. The Morgan fingerprint density at radius 2 is 2.20 bits per heavy atom. The fourth-order valence-electron chi connectivity index (χ4n) is 2.89. The second-order valence-electron chi connectivity index (χ2n) is 5.14. The first-order chi connectivity index (χ1) is 7.18. The average molecular weight is 223 g/mol. The Labute approximate surface area is 96.7 Å². The molecule has 0 amide bonds. The number of thiophene rings is 1. The minimum Gasteiger partial charge on any atom is -0.328 e. The number of hydrogen-bond acceptors (Lipinski definition) is 2. The maximum atomic E-state index is 6.10. The summed E-state index contributed by atoms with van der Waals surface area (Å²) >= 11 is 1.81. The van der Waals surface area contributed by atoms with Crippen LogP contribution in [0.15, 0.2) is 16.8 Å². The van der Waals surface area contributed by atoms with Gasteiger partial charge >= 0.3 is 0 Å². The van der Waals surface area contributed by atoms with Gasteiger partial charge in [-0.3, -0.25) is 0 Å². The summed E-state index contributed by atoms with van der Waals surface area (Å²) in [7, 11) is 0. The van der Waals surface area contributed by atoms with E-state index in [1.54, 1.807) is 0 Å². The van der Waals surface area contributed by atoms with Crippen LogP contribution in [0.4, 0.5) is 0 Å². The van der Waals surface area contributed by atoms with Crippen LogP contribution in [0.2, 0.25) is 0 Å². The van der Waals surface area contributed by atoms with Crippen LogP contribution in [0.5, 0.6) is 0 Å². The quantitative estimate of drug-likeness (QED) is 0.814. The number of nitrogens with two attached hydrogens (primary N) is 1. The summed E-state index contributed by atoms with van der Waals surface area (Å²) in [6, 6.07) is 2.70. The van der Waals surface area contributed by atoms with E-state index < -0.39 is 0 Å². The van der Waals surface area contributed by atoms with Crippen molar-refractivity contribution >= 4 is 11.3 Å². The lowest BCUT2D eigenvalue weighted by Gasteiger charge is -2.37. The minimum absolute atomic E-state index is 0.421. The van der Waals surface area contributed by atoms with E-state index in [0.717, 1.165) is 11.8 Å². The molecule has 1 heterocycles. The van der Waals surface area contributed by atoms with Crippen LogP contribution in [0, 0.1) is 11.8 Å². The lowest BCUT2D eigenvalue weighted by molar-refractivity contribution is 0.221. The lowest BCUT2D eigenvalue weighted by Crippen LogP contribution is -2.34. The molecule has 1 fully saturated rings. The van der Waals surface area contributed by atoms with E-state index in [0.29, 0.717) is 12.0 Å². The molecule has 1 aliphatic carbocycles. The van der Waals surface area contributed by atoms with Crippen molar-refractivity contribution in [1.29, 1.82) is 0 Å². The third-order valence-electron chi connectivity index (χ3n) is 3.77. The molecule has 1 aromatic heterocycles. The summed E-state index contributed by atoms with van der Waals surface area (Å²) in [4.78, 5) is 0. The van der Waals surface area contributed by atoms with Crippen LogP contribution in [0.1, 0.15) is 44.6 Å². The molecule has 0 aromatic carbocycles. The van der Waals surface area contributed by atoms with Crippen LogP contribution < -0.4 is 5.73 Å². The zero-order valence-corrected chi connectivity index (χ0v) is 10.5. The molecule has 1 nitrogen and oxygen atoms in total. The molecular weight excluding hydrogens is 202 g/mol. The van der Waals surface area contributed by atoms with Crippen molar-refractivity contribution in [2.75, 3.05) is 0 Å². The van der Waals surface area contributed by atoms with Gasteiger partial charge in [-0.15, -0.1) is 0 Å². The smallest absolute Gasteiger partial charge is 0.00448 e. The number of hydrogen-bond donors (Lipinski definition) is 1. The minimum atomic E-state index is 0.421. The summed E-state index contributed by atoms with van der Waals surface area (Å²) in [5.41, 5.74) is 7.62. The standard InChI is InChI=1S/C13H21NS/c1-9(2)12-4-3-11(14)7-13(12)10-5-6-15-8-10/h5-6,8-9,11-13H,3-4,7,14H2,1-2H3. The third-order valence-corrected chi connectivity index (χ3v) is 4.47. The lowest BCUT2D eigenvalue weighted by atomic mass is 9.70. The van der Waals surface area contributed by atoms with Gasteiger partial charge in [-0.2, -0.15) is 11.3 Å². The van der Waals surface area contributed by atoms with E-state index in [2.05, 4.69) is 30.7 Å². The van der Waals surface area contributed by atoms with Crippen molar-refractivity contribution in [1.82, 2.24) is 0 Å². The molecule has 15 heavy (non-hydrogen) atoms. The van der Waals surface area contributed by atoms with Crippen molar-refractivity contribution in [3.63, 3.8) is 0 Å². The van der Waals surface area contributed by atoms with E-state index in [9.17, 15) is 0 Å². The van der Waals surface area contributed by atoms with Gasteiger partial charge in [0.2, 0.25) is 0 Å². The van der Waals surface area contributed by atoms with E-state index in [1.807, 2.05) is 11.3 Å². The molecule has 2 rings (SSSR count). The van der Waals surface area contributed by atoms with Crippen LogP contribution in [0.3, 0.4) is 0 Å². The molecule has 1 aromatic rings. The van der Waals surface area contributed by atoms with E-state index >= 15 is 0 Å². The topological polar surface area (TPSA) is 26.0 Å². The Bertz CT molecular complexity index is 291. The molecule has 0 saturated heterocycles. The predicted octanol–water partition coefficient (Wildman–Crippen LogP) is 3.62. The highest BCUT2D eigenvalue weighted by Crippen LogP contribution is 2.41. The SMILES string of the molecule is CC(C)C1CCC(N)CC1c1ccsc1. The monoisotopic (exact) mass is 223 g/mol. The summed E-state index contributed by atoms with van der Waals surface area (Å²) in [5.74, 6) is 2.32. The highest BCUT2D eigenvalue weighted by atomic mass is 32.1. The van der Waals surface area contributed by atoms with E-state index in [-0.39, 0.29) is 0 Å². The van der Waals surface area contributed by atoms with Crippen LogP contribution >= 0.6 is 11.3 Å². The highest BCUT2D eigenvalue weighted by molar-refractivity contribution is 7.07. The Kier molecular flexibility index (Phi) is 3.47. The molecule has 1 aliphatic rings. The normalized spacial score (nSPS) is 32.1. The Morgan fingerprint density at radius 3 is 2.80 bits per heavy atom. The van der Waals surface area contributed by atoms with Gasteiger partial charge in [-0.05, 0) is 59.4 Å². The summed E-state index contributed by atoms with van der Waals surface area (Å²) in [6.45, 7) is 4.70. The molecule has 2 heteroatoms. The van der Waals surface area contributed by atoms with Crippen molar-refractivity contribution < 1.29 is 0 Å². The number of rotatable bonds is 2. The molecule has 3 atom stereocenters. The van der Waals surface area contributed by atoms with Crippen LogP contribution in [0.25, 0.3) is 0 Å². The summed E-state index contributed by atoms with van der Waals surface area (Å²) in [5, 5.41) is 4.49. The van der Waals surface area contributed by atoms with Crippen LogP contribution in [-0.2, 0) is 0 Å². The summed E-state index contributed by atoms with van der Waals surface area (Å²) in [6.07, 6.45) is 3.70. The largest absolute Gasteiger partial charge is 0.328 e. The second kappa shape index (κ2) is 4.67. The van der Waals surface area contributed by atoms with Crippen molar-refractivity contribution in [3.8, 4) is 0 Å². The predicted molar refractivity (Wildman–Crippen MR) is 67.2 cm³/mol. The van der Waals surface area contributed by atoms with E-state index in [4.69, 9.17) is 5.73 Å². The first-order valence-corrected chi connectivity index (χ1v) is 6.90. The van der Waals surface area contributed by atoms with Gasteiger partial charge in [0.1, 0.15) is 0 Å². The van der Waals surface area contributed by atoms with Gasteiger partial charge < -0.3 is 5.73 Å². The summed E-state index contributed by atoms with van der Waals surface area (Å²) < 4.78 is 0. The van der Waals surface area contributed by atoms with Gasteiger partial charge in [0.05, 0.1) is 0 Å². The van der Waals surface area contributed by atoms with Gasteiger partial charge in [0.15, 0.2) is 0 Å². The molecule has 0 radical (unpaired) electrons. The van der Waals surface area contributed by atoms with Crippen molar-refractivity contribution in [2.45, 2.75) is 45.1 Å². The molecule has 0 aliphatic heterocycles. The Hall–Kier alpha value is -0.340. The maximum Gasteiger partial charge on any atom is 0.00448 e. The molecule has 2 N–H and O–H groups in total. The van der Waals surface area contributed by atoms with E-state index in [1.165, 1.54) is 24.8 Å². The average Bonchev–Trinajstić information content (AvgIpc) is 2.69. The second-order valence-corrected chi connectivity index (χ2v) is 5.92. The van der Waals surface area contributed by atoms with Crippen molar-refractivity contribution in [2.24, 2.45) is 17.6 Å².